The second-order valence-electron chi connectivity index (χ2n) is 4.00. The van der Waals surface area contributed by atoms with Crippen LogP contribution in [-0.4, -0.2) is 17.5 Å². The zero-order chi connectivity index (χ0) is 11.4. The Kier molecular flexibility index (Phi) is 4.50. The lowest BCUT2D eigenvalue weighted by Gasteiger charge is -2.10. The van der Waals surface area contributed by atoms with Gasteiger partial charge in [-0.25, -0.2) is 4.39 Å². The van der Waals surface area contributed by atoms with E-state index >= 15 is 0 Å². The summed E-state index contributed by atoms with van der Waals surface area (Å²) in [6.07, 6.45) is 2.60. The van der Waals surface area contributed by atoms with Crippen molar-refractivity contribution in [3.8, 4) is 0 Å². The molecule has 0 spiro atoms. The summed E-state index contributed by atoms with van der Waals surface area (Å²) >= 11 is 8.00. The van der Waals surface area contributed by atoms with Crippen LogP contribution in [0.1, 0.15) is 18.4 Å². The van der Waals surface area contributed by atoms with E-state index in [0.29, 0.717) is 16.8 Å². The van der Waals surface area contributed by atoms with Gasteiger partial charge in [-0.3, -0.25) is 0 Å². The summed E-state index contributed by atoms with van der Waals surface area (Å²) in [6.45, 7) is 1.63. The first kappa shape index (κ1) is 12.2. The lowest BCUT2D eigenvalue weighted by molar-refractivity contribution is 0.615. The molecule has 1 aromatic carbocycles. The molecule has 1 N–H and O–H groups in total. The number of nitrogens with one attached hydrogen (secondary N) is 1. The molecule has 0 radical (unpaired) electrons. The van der Waals surface area contributed by atoms with Gasteiger partial charge in [-0.1, -0.05) is 11.6 Å². The molecule has 1 aliphatic rings. The smallest absolute Gasteiger partial charge is 0.123 e. The van der Waals surface area contributed by atoms with Crippen molar-refractivity contribution in [2.45, 2.75) is 24.6 Å². The Morgan fingerprint density at radius 2 is 2.38 bits per heavy atom. The molecular formula is C12H15ClFNS. The van der Waals surface area contributed by atoms with Gasteiger partial charge in [-0.15, -0.1) is 0 Å². The lowest BCUT2D eigenvalue weighted by atomic mass is 10.2. The van der Waals surface area contributed by atoms with Crippen molar-refractivity contribution in [1.29, 1.82) is 0 Å². The molecule has 2 rings (SSSR count). The molecule has 4 heteroatoms. The highest BCUT2D eigenvalue weighted by Gasteiger charge is 2.14. The topological polar surface area (TPSA) is 12.0 Å². The van der Waals surface area contributed by atoms with Gasteiger partial charge in [0.2, 0.25) is 0 Å². The molecule has 0 aliphatic carbocycles. The predicted molar refractivity (Wildman–Crippen MR) is 68.6 cm³/mol. The summed E-state index contributed by atoms with van der Waals surface area (Å²) in [5.74, 6) is 1.05. The second kappa shape index (κ2) is 5.89. The number of rotatable bonds is 4. The van der Waals surface area contributed by atoms with Gasteiger partial charge >= 0.3 is 0 Å². The molecular weight excluding hydrogens is 245 g/mol. The van der Waals surface area contributed by atoms with Gasteiger partial charge < -0.3 is 5.32 Å². The van der Waals surface area contributed by atoms with E-state index in [2.05, 4.69) is 5.32 Å². The zero-order valence-electron chi connectivity index (χ0n) is 9.01. The van der Waals surface area contributed by atoms with E-state index in [1.165, 1.54) is 30.7 Å². The van der Waals surface area contributed by atoms with Crippen LogP contribution in [-0.2, 0) is 6.54 Å². The Hall–Kier alpha value is -0.250. The highest BCUT2D eigenvalue weighted by molar-refractivity contribution is 8.00. The van der Waals surface area contributed by atoms with Crippen molar-refractivity contribution in [2.75, 3.05) is 12.3 Å². The maximum absolute atomic E-state index is 13.0. The van der Waals surface area contributed by atoms with E-state index in [4.69, 9.17) is 11.6 Å². The Balaban J connectivity index is 1.82. The van der Waals surface area contributed by atoms with Gasteiger partial charge in [0.05, 0.1) is 0 Å². The third-order valence-electron chi connectivity index (χ3n) is 2.72. The summed E-state index contributed by atoms with van der Waals surface area (Å²) < 4.78 is 13.0. The highest BCUT2D eigenvalue weighted by Crippen LogP contribution is 2.25. The molecule has 1 aliphatic heterocycles. The molecule has 1 heterocycles. The van der Waals surface area contributed by atoms with Crippen molar-refractivity contribution in [1.82, 2.24) is 5.32 Å². The zero-order valence-corrected chi connectivity index (χ0v) is 10.6. The minimum Gasteiger partial charge on any atom is -0.312 e. The summed E-state index contributed by atoms with van der Waals surface area (Å²) in [5, 5.41) is 4.69. The third kappa shape index (κ3) is 3.37. The average molecular weight is 260 g/mol. The van der Waals surface area contributed by atoms with Crippen LogP contribution in [0.5, 0.6) is 0 Å². The molecule has 0 amide bonds. The van der Waals surface area contributed by atoms with E-state index < -0.39 is 0 Å². The summed E-state index contributed by atoms with van der Waals surface area (Å²) in [5.41, 5.74) is 0.838. The monoisotopic (exact) mass is 259 g/mol. The van der Waals surface area contributed by atoms with E-state index in [9.17, 15) is 4.39 Å². The molecule has 1 fully saturated rings. The Labute approximate surface area is 105 Å². The highest BCUT2D eigenvalue weighted by atomic mass is 35.5. The Morgan fingerprint density at radius 3 is 3.12 bits per heavy atom. The van der Waals surface area contributed by atoms with Crippen LogP contribution in [0.25, 0.3) is 0 Å². The summed E-state index contributed by atoms with van der Waals surface area (Å²) in [4.78, 5) is 0. The molecule has 88 valence electrons. The standard InChI is InChI=1S/C12H15ClFNS/c13-12-4-3-10(14)6-9(12)7-15-8-11-2-1-5-16-11/h3-4,6,11,15H,1-2,5,7-8H2. The first-order valence-corrected chi connectivity index (χ1v) is 6.94. The van der Waals surface area contributed by atoms with Gasteiger partial charge in [0.25, 0.3) is 0 Å². The van der Waals surface area contributed by atoms with Crippen molar-refractivity contribution >= 4 is 23.4 Å². The van der Waals surface area contributed by atoms with E-state index in [1.54, 1.807) is 6.07 Å². The van der Waals surface area contributed by atoms with Crippen molar-refractivity contribution in [3.63, 3.8) is 0 Å². The van der Waals surface area contributed by atoms with Crippen LogP contribution in [0.2, 0.25) is 5.02 Å². The fourth-order valence-corrected chi connectivity index (χ4v) is 3.27. The molecule has 0 aromatic heterocycles. The minimum absolute atomic E-state index is 0.226. The number of benzene rings is 1. The number of halogens is 2. The molecule has 1 aromatic rings. The largest absolute Gasteiger partial charge is 0.312 e. The SMILES string of the molecule is Fc1ccc(Cl)c(CNCC2CCCS2)c1. The lowest BCUT2D eigenvalue weighted by Crippen LogP contribution is -2.22. The number of hydrogen-bond donors (Lipinski definition) is 1. The molecule has 1 nitrogen and oxygen atoms in total. The summed E-state index contributed by atoms with van der Waals surface area (Å²) in [7, 11) is 0. The van der Waals surface area contributed by atoms with Crippen molar-refractivity contribution < 1.29 is 4.39 Å². The number of hydrogen-bond acceptors (Lipinski definition) is 2. The fraction of sp³-hybridized carbons (Fsp3) is 0.500. The molecule has 0 saturated carbocycles. The maximum atomic E-state index is 13.0. The van der Waals surface area contributed by atoms with Crippen molar-refractivity contribution in [2.24, 2.45) is 0 Å². The first-order chi connectivity index (χ1) is 7.75. The van der Waals surface area contributed by atoms with Crippen LogP contribution in [0.3, 0.4) is 0 Å². The first-order valence-electron chi connectivity index (χ1n) is 5.52. The summed E-state index contributed by atoms with van der Waals surface area (Å²) in [6, 6.07) is 4.49. The van der Waals surface area contributed by atoms with Crippen molar-refractivity contribution in [3.05, 3.63) is 34.6 Å². The van der Waals surface area contributed by atoms with Gasteiger partial charge in [0, 0.05) is 23.4 Å². The fourth-order valence-electron chi connectivity index (χ4n) is 1.85. The normalized spacial score (nSPS) is 20.2. The van der Waals surface area contributed by atoms with Gasteiger partial charge in [-0.2, -0.15) is 11.8 Å². The third-order valence-corrected chi connectivity index (χ3v) is 4.49. The second-order valence-corrected chi connectivity index (χ2v) is 5.82. The molecule has 1 unspecified atom stereocenters. The Bertz CT molecular complexity index is 353. The van der Waals surface area contributed by atoms with Gasteiger partial charge in [-0.05, 0) is 42.4 Å². The van der Waals surface area contributed by atoms with Gasteiger partial charge in [0.15, 0.2) is 0 Å². The predicted octanol–water partition coefficient (Wildman–Crippen LogP) is 3.46. The molecule has 16 heavy (non-hydrogen) atoms. The van der Waals surface area contributed by atoms with Crippen LogP contribution in [0.15, 0.2) is 18.2 Å². The van der Waals surface area contributed by atoms with Crippen LogP contribution < -0.4 is 5.32 Å². The van der Waals surface area contributed by atoms with E-state index in [-0.39, 0.29) is 5.82 Å². The van der Waals surface area contributed by atoms with Crippen LogP contribution in [0, 0.1) is 5.82 Å². The van der Waals surface area contributed by atoms with Gasteiger partial charge in [0.1, 0.15) is 5.82 Å². The average Bonchev–Trinajstić information content (AvgIpc) is 2.76. The quantitative estimate of drug-likeness (QED) is 0.889. The molecule has 1 atom stereocenters. The van der Waals surface area contributed by atoms with E-state index in [1.807, 2.05) is 11.8 Å². The van der Waals surface area contributed by atoms with Crippen LogP contribution >= 0.6 is 23.4 Å². The molecule has 1 saturated heterocycles. The van der Waals surface area contributed by atoms with E-state index in [0.717, 1.165) is 12.1 Å². The minimum atomic E-state index is -0.226. The Morgan fingerprint density at radius 1 is 1.50 bits per heavy atom. The maximum Gasteiger partial charge on any atom is 0.123 e. The number of thioether (sulfide) groups is 1. The molecule has 0 bridgehead atoms. The van der Waals surface area contributed by atoms with Crippen LogP contribution in [0.4, 0.5) is 4.39 Å².